The van der Waals surface area contributed by atoms with Gasteiger partial charge in [0.2, 0.25) is 15.0 Å². The number of rotatable bonds is 7. The normalized spacial score (nSPS) is 12.1. The molecule has 19 heavy (non-hydrogen) atoms. The van der Waals surface area contributed by atoms with Crippen molar-refractivity contribution in [3.63, 3.8) is 0 Å². The van der Waals surface area contributed by atoms with Crippen LogP contribution in [0.3, 0.4) is 0 Å². The van der Waals surface area contributed by atoms with Crippen LogP contribution in [-0.2, 0) is 9.84 Å². The SMILES string of the molecule is CCCCCCCS(=O)(=O)c1nc2ccccc2[nH]1. The number of H-pyrrole nitrogens is 1. The fourth-order valence-electron chi connectivity index (χ4n) is 2.07. The van der Waals surface area contributed by atoms with E-state index in [9.17, 15) is 8.42 Å². The molecule has 0 aliphatic heterocycles. The Labute approximate surface area is 114 Å². The maximum absolute atomic E-state index is 12.1. The number of sulfone groups is 1. The molecular weight excluding hydrogens is 260 g/mol. The Bertz CT molecular complexity index is 599. The molecule has 104 valence electrons. The predicted octanol–water partition coefficient (Wildman–Crippen LogP) is 3.31. The van der Waals surface area contributed by atoms with Gasteiger partial charge in [0.15, 0.2) is 0 Å². The molecule has 1 heterocycles. The lowest BCUT2D eigenvalue weighted by atomic mass is 10.2. The Morgan fingerprint density at radius 2 is 1.84 bits per heavy atom. The fourth-order valence-corrected chi connectivity index (χ4v) is 3.35. The van der Waals surface area contributed by atoms with Crippen molar-refractivity contribution in [2.45, 2.75) is 44.2 Å². The molecule has 2 rings (SSSR count). The number of aromatic nitrogens is 2. The van der Waals surface area contributed by atoms with Gasteiger partial charge in [-0.25, -0.2) is 13.4 Å². The lowest BCUT2D eigenvalue weighted by Gasteiger charge is -2.00. The maximum atomic E-state index is 12.1. The maximum Gasteiger partial charge on any atom is 0.226 e. The van der Waals surface area contributed by atoms with E-state index in [2.05, 4.69) is 16.9 Å². The van der Waals surface area contributed by atoms with Crippen LogP contribution in [0.25, 0.3) is 11.0 Å². The summed E-state index contributed by atoms with van der Waals surface area (Å²) in [5, 5.41) is 0.101. The summed E-state index contributed by atoms with van der Waals surface area (Å²) >= 11 is 0. The summed E-state index contributed by atoms with van der Waals surface area (Å²) in [5.41, 5.74) is 1.47. The second-order valence-corrected chi connectivity index (χ2v) is 6.82. The fraction of sp³-hybridized carbons (Fsp3) is 0.500. The Balaban J connectivity index is 2.02. The summed E-state index contributed by atoms with van der Waals surface area (Å²) < 4.78 is 24.3. The van der Waals surface area contributed by atoms with E-state index in [-0.39, 0.29) is 10.9 Å². The monoisotopic (exact) mass is 280 g/mol. The van der Waals surface area contributed by atoms with E-state index >= 15 is 0 Å². The first-order valence-corrected chi connectivity index (χ1v) is 8.46. The average Bonchev–Trinajstić information content (AvgIpc) is 2.83. The number of hydrogen-bond donors (Lipinski definition) is 1. The van der Waals surface area contributed by atoms with E-state index in [1.54, 1.807) is 0 Å². The van der Waals surface area contributed by atoms with Gasteiger partial charge in [0.1, 0.15) is 0 Å². The third kappa shape index (κ3) is 3.56. The number of para-hydroxylation sites is 2. The molecule has 0 bridgehead atoms. The molecule has 0 fully saturated rings. The van der Waals surface area contributed by atoms with Crippen molar-refractivity contribution >= 4 is 20.9 Å². The Kier molecular flexibility index (Phi) is 4.58. The molecule has 4 nitrogen and oxygen atoms in total. The molecule has 1 aromatic carbocycles. The van der Waals surface area contributed by atoms with Crippen LogP contribution >= 0.6 is 0 Å². The zero-order valence-electron chi connectivity index (χ0n) is 11.2. The minimum absolute atomic E-state index is 0.101. The number of hydrogen-bond acceptors (Lipinski definition) is 3. The minimum Gasteiger partial charge on any atom is -0.329 e. The highest BCUT2D eigenvalue weighted by molar-refractivity contribution is 7.91. The number of unbranched alkanes of at least 4 members (excludes halogenated alkanes) is 4. The first kappa shape index (κ1) is 14.1. The molecule has 0 saturated heterocycles. The average molecular weight is 280 g/mol. The number of benzene rings is 1. The molecule has 0 unspecified atom stereocenters. The van der Waals surface area contributed by atoms with Crippen LogP contribution in [0, 0.1) is 0 Å². The summed E-state index contributed by atoms with van der Waals surface area (Å²) in [5.74, 6) is 0.177. The largest absolute Gasteiger partial charge is 0.329 e. The van der Waals surface area contributed by atoms with E-state index in [1.807, 2.05) is 24.3 Å². The summed E-state index contributed by atoms with van der Waals surface area (Å²) in [4.78, 5) is 7.04. The standard InChI is InChI=1S/C14H20N2O2S/c1-2-3-4-5-8-11-19(17,18)14-15-12-9-6-7-10-13(12)16-14/h6-7,9-10H,2-5,8,11H2,1H3,(H,15,16). The molecule has 0 radical (unpaired) electrons. The minimum atomic E-state index is -3.28. The number of aromatic amines is 1. The van der Waals surface area contributed by atoms with Crippen molar-refractivity contribution in [3.8, 4) is 0 Å². The van der Waals surface area contributed by atoms with E-state index in [0.717, 1.165) is 24.8 Å². The Morgan fingerprint density at radius 3 is 2.58 bits per heavy atom. The Morgan fingerprint density at radius 1 is 1.11 bits per heavy atom. The second-order valence-electron chi connectivity index (χ2n) is 4.79. The molecule has 0 amide bonds. The van der Waals surface area contributed by atoms with Crippen molar-refractivity contribution in [2.75, 3.05) is 5.75 Å². The zero-order chi connectivity index (χ0) is 13.7. The van der Waals surface area contributed by atoms with Crippen LogP contribution < -0.4 is 0 Å². The summed E-state index contributed by atoms with van der Waals surface area (Å²) in [6.07, 6.45) is 5.11. The van der Waals surface area contributed by atoms with Crippen LogP contribution in [0.2, 0.25) is 0 Å². The van der Waals surface area contributed by atoms with Crippen LogP contribution in [-0.4, -0.2) is 24.1 Å². The molecular formula is C14H20N2O2S. The van der Waals surface area contributed by atoms with Gasteiger partial charge in [-0.05, 0) is 18.6 Å². The highest BCUT2D eigenvalue weighted by Crippen LogP contribution is 2.16. The molecule has 2 aromatic rings. The van der Waals surface area contributed by atoms with Gasteiger partial charge >= 0.3 is 0 Å². The third-order valence-corrected chi connectivity index (χ3v) is 4.79. The van der Waals surface area contributed by atoms with Gasteiger partial charge < -0.3 is 4.98 Å². The van der Waals surface area contributed by atoms with Crippen molar-refractivity contribution in [2.24, 2.45) is 0 Å². The van der Waals surface area contributed by atoms with Gasteiger partial charge in [0.25, 0.3) is 0 Å². The molecule has 1 N–H and O–H groups in total. The lowest BCUT2D eigenvalue weighted by Crippen LogP contribution is -2.08. The van der Waals surface area contributed by atoms with Crippen LogP contribution in [0.15, 0.2) is 29.4 Å². The van der Waals surface area contributed by atoms with Crippen molar-refractivity contribution in [3.05, 3.63) is 24.3 Å². The van der Waals surface area contributed by atoms with Crippen LogP contribution in [0.5, 0.6) is 0 Å². The first-order chi connectivity index (χ1) is 9.13. The predicted molar refractivity (Wildman–Crippen MR) is 76.9 cm³/mol. The van der Waals surface area contributed by atoms with Crippen molar-refractivity contribution in [1.29, 1.82) is 0 Å². The number of nitrogens with one attached hydrogen (secondary N) is 1. The van der Waals surface area contributed by atoms with Gasteiger partial charge in [-0.2, -0.15) is 0 Å². The van der Waals surface area contributed by atoms with Gasteiger partial charge in [-0.1, -0.05) is 44.7 Å². The Hall–Kier alpha value is -1.36. The number of nitrogens with zero attached hydrogens (tertiary/aromatic N) is 1. The van der Waals surface area contributed by atoms with Crippen molar-refractivity contribution < 1.29 is 8.42 Å². The van der Waals surface area contributed by atoms with Gasteiger partial charge in [-0.15, -0.1) is 0 Å². The highest BCUT2D eigenvalue weighted by atomic mass is 32.2. The van der Waals surface area contributed by atoms with Gasteiger partial charge in [0, 0.05) is 0 Å². The third-order valence-electron chi connectivity index (χ3n) is 3.18. The number of imidazole rings is 1. The summed E-state index contributed by atoms with van der Waals surface area (Å²) in [6.45, 7) is 2.14. The summed E-state index contributed by atoms with van der Waals surface area (Å²) in [7, 11) is -3.28. The smallest absolute Gasteiger partial charge is 0.226 e. The molecule has 1 aromatic heterocycles. The molecule has 0 saturated carbocycles. The molecule has 0 atom stereocenters. The lowest BCUT2D eigenvalue weighted by molar-refractivity contribution is 0.580. The molecule has 0 spiro atoms. The van der Waals surface area contributed by atoms with E-state index in [1.165, 1.54) is 6.42 Å². The van der Waals surface area contributed by atoms with Crippen LogP contribution in [0.1, 0.15) is 39.0 Å². The van der Waals surface area contributed by atoms with E-state index in [4.69, 9.17) is 0 Å². The second kappa shape index (κ2) is 6.19. The number of fused-ring (bicyclic) bond motifs is 1. The molecule has 0 aliphatic carbocycles. The zero-order valence-corrected chi connectivity index (χ0v) is 12.0. The quantitative estimate of drug-likeness (QED) is 0.791. The summed E-state index contributed by atoms with van der Waals surface area (Å²) in [6, 6.07) is 7.36. The van der Waals surface area contributed by atoms with Crippen LogP contribution in [0.4, 0.5) is 0 Å². The topological polar surface area (TPSA) is 62.8 Å². The first-order valence-electron chi connectivity index (χ1n) is 6.81. The molecule has 0 aliphatic rings. The highest BCUT2D eigenvalue weighted by Gasteiger charge is 2.18. The van der Waals surface area contributed by atoms with Gasteiger partial charge in [0.05, 0.1) is 16.8 Å². The van der Waals surface area contributed by atoms with E-state index < -0.39 is 9.84 Å². The molecule has 5 heteroatoms. The van der Waals surface area contributed by atoms with Gasteiger partial charge in [-0.3, -0.25) is 0 Å². The van der Waals surface area contributed by atoms with E-state index in [0.29, 0.717) is 11.9 Å². The van der Waals surface area contributed by atoms with Crippen molar-refractivity contribution in [1.82, 2.24) is 9.97 Å².